The fourth-order valence-electron chi connectivity index (χ4n) is 5.60. The average Bonchev–Trinajstić information content (AvgIpc) is 2.91. The first-order valence-corrected chi connectivity index (χ1v) is 17.8. The van der Waals surface area contributed by atoms with Crippen molar-refractivity contribution in [2.45, 2.75) is 174 Å². The van der Waals surface area contributed by atoms with Crippen LogP contribution in [-0.2, 0) is 9.47 Å². The van der Waals surface area contributed by atoms with Crippen molar-refractivity contribution < 1.29 is 30.9 Å². The number of nitrogens with two attached hydrogens (primary N) is 1. The Kier molecular flexibility index (Phi) is 35.9. The van der Waals surface area contributed by atoms with Crippen LogP contribution in [0.2, 0.25) is 0 Å². The molecule has 5 heteroatoms. The fourth-order valence-corrected chi connectivity index (χ4v) is 5.60. The molecule has 0 aromatic heterocycles. The standard InChI is InChI=1S/C35H75N2O2.BrH/c1-5-7-9-11-13-15-17-19-21-23-25-27-31-38-34-35(33-37(3,4)30-29-36)39-32-28-26-24-22-20-18-16-14-12-10-8-6-2;/h35H,5-34,36H2,1-4H3;1H/q+1;/p-1/t35-;/m0./s1. The SMILES string of the molecule is CCCCCCCCCCCCCCOC[C@H](C[N+](C)(C)CCN)OCCCCCCCCCCCCCC.[Br-]. The Morgan fingerprint density at radius 3 is 1.25 bits per heavy atom. The summed E-state index contributed by atoms with van der Waals surface area (Å²) in [5.74, 6) is 0. The molecule has 0 spiro atoms. The van der Waals surface area contributed by atoms with Gasteiger partial charge in [-0.3, -0.25) is 0 Å². The molecule has 0 aliphatic rings. The maximum Gasteiger partial charge on any atom is 0.130 e. The van der Waals surface area contributed by atoms with E-state index in [1.807, 2.05) is 0 Å². The van der Waals surface area contributed by atoms with Crippen LogP contribution < -0.4 is 22.7 Å². The van der Waals surface area contributed by atoms with Crippen LogP contribution in [-0.4, -0.2) is 64.1 Å². The Labute approximate surface area is 263 Å². The van der Waals surface area contributed by atoms with E-state index < -0.39 is 0 Å². The van der Waals surface area contributed by atoms with Crippen LogP contribution in [0.15, 0.2) is 0 Å². The van der Waals surface area contributed by atoms with Gasteiger partial charge in [0, 0.05) is 19.8 Å². The molecule has 0 radical (unpaired) electrons. The van der Waals surface area contributed by atoms with Crippen molar-refractivity contribution in [1.29, 1.82) is 0 Å². The Morgan fingerprint density at radius 1 is 0.525 bits per heavy atom. The summed E-state index contributed by atoms with van der Waals surface area (Å²) in [4.78, 5) is 0. The zero-order chi connectivity index (χ0) is 28.7. The van der Waals surface area contributed by atoms with Gasteiger partial charge in [0.2, 0.25) is 0 Å². The molecular formula is C35H75BrN2O2. The van der Waals surface area contributed by atoms with Gasteiger partial charge in [0.1, 0.15) is 12.6 Å². The Hall–Kier alpha value is 0.320. The van der Waals surface area contributed by atoms with E-state index in [0.29, 0.717) is 0 Å². The average molecular weight is 636 g/mol. The van der Waals surface area contributed by atoms with Crippen LogP contribution in [0.3, 0.4) is 0 Å². The molecule has 40 heavy (non-hydrogen) atoms. The number of nitrogens with zero attached hydrogens (tertiary/aromatic N) is 1. The minimum Gasteiger partial charge on any atom is -1.00 e. The van der Waals surface area contributed by atoms with Crippen molar-refractivity contribution in [1.82, 2.24) is 0 Å². The normalized spacial score (nSPS) is 12.5. The number of hydrogen-bond donors (Lipinski definition) is 1. The van der Waals surface area contributed by atoms with Crippen LogP contribution in [0.1, 0.15) is 168 Å². The zero-order valence-corrected chi connectivity index (χ0v) is 29.6. The van der Waals surface area contributed by atoms with Crippen molar-refractivity contribution in [3.8, 4) is 0 Å². The summed E-state index contributed by atoms with van der Waals surface area (Å²) in [5.41, 5.74) is 5.86. The van der Waals surface area contributed by atoms with E-state index in [0.717, 1.165) is 43.9 Å². The maximum absolute atomic E-state index is 6.35. The van der Waals surface area contributed by atoms with Crippen molar-refractivity contribution in [2.75, 3.05) is 53.6 Å². The number of rotatable bonds is 33. The predicted molar refractivity (Wildman–Crippen MR) is 174 cm³/mol. The highest BCUT2D eigenvalue weighted by Gasteiger charge is 2.22. The van der Waals surface area contributed by atoms with E-state index in [1.165, 1.54) is 154 Å². The molecule has 0 saturated heterocycles. The molecule has 4 nitrogen and oxygen atoms in total. The molecule has 0 bridgehead atoms. The summed E-state index contributed by atoms with van der Waals surface area (Å²) in [6.07, 6.45) is 33.3. The van der Waals surface area contributed by atoms with Gasteiger partial charge in [-0.15, -0.1) is 0 Å². The molecule has 244 valence electrons. The molecule has 0 aliphatic carbocycles. The van der Waals surface area contributed by atoms with E-state index in [-0.39, 0.29) is 23.1 Å². The van der Waals surface area contributed by atoms with Gasteiger partial charge in [0.25, 0.3) is 0 Å². The minimum atomic E-state index is 0. The van der Waals surface area contributed by atoms with Crippen LogP contribution in [0.25, 0.3) is 0 Å². The summed E-state index contributed by atoms with van der Waals surface area (Å²) in [7, 11) is 4.52. The lowest BCUT2D eigenvalue weighted by Gasteiger charge is -2.33. The summed E-state index contributed by atoms with van der Waals surface area (Å²) >= 11 is 0. The first kappa shape index (κ1) is 42.5. The fraction of sp³-hybridized carbons (Fsp3) is 1.00. The van der Waals surface area contributed by atoms with Crippen molar-refractivity contribution >= 4 is 0 Å². The lowest BCUT2D eigenvalue weighted by molar-refractivity contribution is -0.892. The number of quaternary nitrogens is 1. The van der Waals surface area contributed by atoms with Gasteiger partial charge < -0.3 is 36.7 Å². The Morgan fingerprint density at radius 2 is 0.875 bits per heavy atom. The van der Waals surface area contributed by atoms with Crippen LogP contribution in [0.4, 0.5) is 0 Å². The molecule has 1 atom stereocenters. The van der Waals surface area contributed by atoms with Gasteiger partial charge in [-0.1, -0.05) is 155 Å². The lowest BCUT2D eigenvalue weighted by atomic mass is 10.1. The largest absolute Gasteiger partial charge is 1.00 e. The molecule has 0 rings (SSSR count). The lowest BCUT2D eigenvalue weighted by Crippen LogP contribution is -3.00. The quantitative estimate of drug-likeness (QED) is 0.0636. The minimum absolute atomic E-state index is 0. The predicted octanol–water partition coefficient (Wildman–Crippen LogP) is 6.83. The second-order valence-corrected chi connectivity index (χ2v) is 13.0. The zero-order valence-electron chi connectivity index (χ0n) is 28.0. The molecule has 2 N–H and O–H groups in total. The molecule has 0 heterocycles. The highest BCUT2D eigenvalue weighted by Crippen LogP contribution is 2.14. The number of ether oxygens (including phenoxy) is 2. The van der Waals surface area contributed by atoms with Crippen molar-refractivity contribution in [3.63, 3.8) is 0 Å². The van der Waals surface area contributed by atoms with E-state index in [9.17, 15) is 0 Å². The Bertz CT molecular complexity index is 465. The number of likely N-dealkylation sites (N-methyl/N-ethyl adjacent to an activating group) is 1. The highest BCUT2D eigenvalue weighted by atomic mass is 79.9. The summed E-state index contributed by atoms with van der Waals surface area (Å²) in [6.45, 7) is 9.74. The molecule has 0 aromatic carbocycles. The van der Waals surface area contributed by atoms with Gasteiger partial charge in [-0.2, -0.15) is 0 Å². The first-order valence-electron chi connectivity index (χ1n) is 17.8. The smallest absolute Gasteiger partial charge is 0.130 e. The Balaban J connectivity index is 0. The monoisotopic (exact) mass is 635 g/mol. The second-order valence-electron chi connectivity index (χ2n) is 13.0. The topological polar surface area (TPSA) is 44.5 Å². The van der Waals surface area contributed by atoms with Gasteiger partial charge in [0.15, 0.2) is 0 Å². The van der Waals surface area contributed by atoms with Gasteiger partial charge in [-0.25, -0.2) is 0 Å². The molecule has 0 saturated carbocycles. The summed E-state index contributed by atoms with van der Waals surface area (Å²) in [5, 5.41) is 0. The molecule has 0 aromatic rings. The summed E-state index contributed by atoms with van der Waals surface area (Å²) < 4.78 is 13.4. The third-order valence-corrected chi connectivity index (χ3v) is 8.23. The second kappa shape index (κ2) is 33.8. The van der Waals surface area contributed by atoms with Crippen LogP contribution in [0, 0.1) is 0 Å². The van der Waals surface area contributed by atoms with Crippen LogP contribution in [0.5, 0.6) is 0 Å². The number of halogens is 1. The molecule has 0 unspecified atom stereocenters. The number of hydrogen-bond acceptors (Lipinski definition) is 3. The van der Waals surface area contributed by atoms with Crippen molar-refractivity contribution in [3.05, 3.63) is 0 Å². The van der Waals surface area contributed by atoms with Gasteiger partial charge in [-0.05, 0) is 12.8 Å². The molecular weight excluding hydrogens is 560 g/mol. The summed E-state index contributed by atoms with van der Waals surface area (Å²) in [6, 6.07) is 0. The first-order chi connectivity index (χ1) is 19.1. The van der Waals surface area contributed by atoms with Crippen LogP contribution >= 0.6 is 0 Å². The molecule has 0 amide bonds. The van der Waals surface area contributed by atoms with E-state index in [4.69, 9.17) is 15.2 Å². The third-order valence-electron chi connectivity index (χ3n) is 8.23. The van der Waals surface area contributed by atoms with E-state index >= 15 is 0 Å². The number of unbranched alkanes of at least 4 members (excludes halogenated alkanes) is 22. The maximum atomic E-state index is 6.35. The van der Waals surface area contributed by atoms with Crippen molar-refractivity contribution in [2.24, 2.45) is 5.73 Å². The van der Waals surface area contributed by atoms with E-state index in [2.05, 4.69) is 27.9 Å². The molecule has 0 fully saturated rings. The third kappa shape index (κ3) is 32.8. The van der Waals surface area contributed by atoms with Gasteiger partial charge in [0.05, 0.1) is 27.2 Å². The van der Waals surface area contributed by atoms with E-state index in [1.54, 1.807) is 0 Å². The molecule has 0 aliphatic heterocycles. The van der Waals surface area contributed by atoms with Gasteiger partial charge >= 0.3 is 0 Å². The highest BCUT2D eigenvalue weighted by molar-refractivity contribution is 4.58.